The fourth-order valence-corrected chi connectivity index (χ4v) is 0. The molecule has 0 aliphatic heterocycles. The summed E-state index contributed by atoms with van der Waals surface area (Å²) >= 11 is 0. The fraction of sp³-hybridized carbons (Fsp3) is 0. The molecule has 0 N–H and O–H groups in total. The average molecular weight is 299 g/mol. The van der Waals surface area contributed by atoms with E-state index in [0.717, 1.165) is 0 Å². The molecule has 9 heavy (non-hydrogen) atoms. The molecule has 0 amide bonds. The van der Waals surface area contributed by atoms with Crippen LogP contribution in [-0.4, -0.2) is 0 Å². The smallest absolute Gasteiger partial charge is 0 e. The van der Waals surface area contributed by atoms with Crippen LogP contribution in [0.2, 0.25) is 0 Å². The van der Waals surface area contributed by atoms with Crippen molar-refractivity contribution in [2.75, 3.05) is 0 Å². The van der Waals surface area contributed by atoms with Gasteiger partial charge in [0.15, 0.2) is 0 Å². The van der Waals surface area contributed by atoms with E-state index in [4.69, 9.17) is 0 Å². The molecule has 6 nitrogen and oxygen atoms in total. The topological polar surface area (TPSA) is 126 Å². The molecule has 0 rings (SSSR count). The third-order valence-electron chi connectivity index (χ3n) is 0.300. The Labute approximate surface area is 83.8 Å². The van der Waals surface area contributed by atoms with Crippen molar-refractivity contribution in [3.63, 3.8) is 0 Å². The molecule has 0 aromatic heterocycles. The number of hydrogen-bond acceptors (Lipinski definition) is 6. The Morgan fingerprint density at radius 3 is 0.889 bits per heavy atom. The van der Waals surface area contributed by atoms with Crippen LogP contribution in [0.5, 0.6) is 0 Å². The van der Waals surface area contributed by atoms with Gasteiger partial charge in [0, 0.05) is 41.3 Å². The molecule has 0 aromatic carbocycles. The minimum Gasteiger partial charge on any atom is -0.807 e. The van der Waals surface area contributed by atoms with Gasteiger partial charge in [0.2, 0.25) is 0 Å². The van der Waals surface area contributed by atoms with Gasteiger partial charge in [-0.1, -0.05) is 0 Å². The maximum atomic E-state index is 9.24. The number of rotatable bonds is 1. The predicted octanol–water partition coefficient (Wildman–Crippen LogP) is -3.27. The largest absolute Gasteiger partial charge is 0.807 e. The average Bonchev–Trinajstić information content (AvgIpc) is 1.25. The molecule has 0 bridgehead atoms. The Morgan fingerprint density at radius 1 is 0.778 bits per heavy atom. The second-order valence-corrected chi connectivity index (χ2v) is 5.75. The SMILES string of the molecule is O=P([O-])([O-])P(=O)([O-])[O-].[Pr]. The van der Waals surface area contributed by atoms with Crippen LogP contribution in [0.15, 0.2) is 0 Å². The van der Waals surface area contributed by atoms with Crippen LogP contribution in [0.3, 0.4) is 0 Å². The summed E-state index contributed by atoms with van der Waals surface area (Å²) in [5.41, 5.74) is 0. The zero-order valence-electron chi connectivity index (χ0n) is 3.92. The molecule has 9 heteroatoms. The molecule has 0 aliphatic carbocycles. The summed E-state index contributed by atoms with van der Waals surface area (Å²) < 4.78 is 18.5. The van der Waals surface area contributed by atoms with Gasteiger partial charge in [-0.05, 0) is 14.6 Å². The maximum absolute atomic E-state index is 9.24. The summed E-state index contributed by atoms with van der Waals surface area (Å²) in [7, 11) is -11.8. The molecular formula is O6P2Pr-4. The van der Waals surface area contributed by atoms with E-state index in [1.807, 2.05) is 0 Å². The van der Waals surface area contributed by atoms with Gasteiger partial charge in [-0.3, -0.25) is 0 Å². The monoisotopic (exact) mass is 299 g/mol. The zero-order chi connectivity index (χ0) is 7.00. The molecule has 0 spiro atoms. The third kappa shape index (κ3) is 4.99. The van der Waals surface area contributed by atoms with E-state index in [-0.39, 0.29) is 41.3 Å². The van der Waals surface area contributed by atoms with Gasteiger partial charge < -0.3 is 28.7 Å². The van der Waals surface area contributed by atoms with E-state index in [9.17, 15) is 28.7 Å². The molecule has 0 saturated carbocycles. The summed E-state index contributed by atoms with van der Waals surface area (Å²) in [6, 6.07) is 0. The Kier molecular flexibility index (Phi) is 5.73. The van der Waals surface area contributed by atoms with Crippen LogP contribution >= 0.6 is 14.6 Å². The van der Waals surface area contributed by atoms with Crippen LogP contribution in [-0.2, 0) is 9.13 Å². The van der Waals surface area contributed by atoms with Crippen LogP contribution in [0.4, 0.5) is 0 Å². The molecule has 0 fully saturated rings. The fourth-order valence-electron chi connectivity index (χ4n) is 0. The van der Waals surface area contributed by atoms with Crippen LogP contribution in [0.25, 0.3) is 0 Å². The summed E-state index contributed by atoms with van der Waals surface area (Å²) in [4.78, 5) is 36.9. The van der Waals surface area contributed by atoms with E-state index >= 15 is 0 Å². The van der Waals surface area contributed by atoms with Gasteiger partial charge in [0.05, 0.1) is 0 Å². The van der Waals surface area contributed by atoms with Gasteiger partial charge in [0.1, 0.15) is 0 Å². The van der Waals surface area contributed by atoms with Crippen LogP contribution in [0.1, 0.15) is 0 Å². The second kappa shape index (κ2) is 3.89. The molecule has 1 radical (unpaired) electrons. The second-order valence-electron chi connectivity index (χ2n) is 0.937. The van der Waals surface area contributed by atoms with Crippen molar-refractivity contribution in [3.8, 4) is 0 Å². The molecule has 53 valence electrons. The summed E-state index contributed by atoms with van der Waals surface area (Å²) in [6.45, 7) is 0. The van der Waals surface area contributed by atoms with Gasteiger partial charge in [-0.15, -0.1) is 0 Å². The molecule has 0 atom stereocenters. The standard InChI is InChI=1S/H4O6P2.Pr/c1-7(2,3)8(4,5)6;/h(H2,1,2,3)(H2,4,5,6);/p-4. The first-order chi connectivity index (χ1) is 3.25. The van der Waals surface area contributed by atoms with Gasteiger partial charge >= 0.3 is 0 Å². The maximum Gasteiger partial charge on any atom is 0 e. The van der Waals surface area contributed by atoms with E-state index in [0.29, 0.717) is 0 Å². The van der Waals surface area contributed by atoms with Crippen molar-refractivity contribution < 1.29 is 70.0 Å². The third-order valence-corrected chi connectivity index (χ3v) is 2.70. The van der Waals surface area contributed by atoms with Crippen molar-refractivity contribution in [1.82, 2.24) is 0 Å². The minimum atomic E-state index is -5.91. The Bertz CT molecular complexity index is 140. The van der Waals surface area contributed by atoms with Crippen molar-refractivity contribution in [1.29, 1.82) is 0 Å². The molecule has 0 aliphatic rings. The summed E-state index contributed by atoms with van der Waals surface area (Å²) in [6.07, 6.45) is 0. The van der Waals surface area contributed by atoms with Gasteiger partial charge in [0.25, 0.3) is 0 Å². The first-order valence-electron chi connectivity index (χ1n) is 1.30. The van der Waals surface area contributed by atoms with E-state index in [1.165, 1.54) is 0 Å². The van der Waals surface area contributed by atoms with Crippen molar-refractivity contribution in [2.24, 2.45) is 0 Å². The molecule has 0 saturated heterocycles. The Hall–Kier alpha value is 1.66. The molecule has 0 unspecified atom stereocenters. The predicted molar refractivity (Wildman–Crippen MR) is 15.2 cm³/mol. The van der Waals surface area contributed by atoms with Crippen molar-refractivity contribution in [3.05, 3.63) is 0 Å². The zero-order valence-corrected chi connectivity index (χ0v) is 9.41. The van der Waals surface area contributed by atoms with Crippen LogP contribution in [0, 0.1) is 41.3 Å². The Balaban J connectivity index is 0. The quantitative estimate of drug-likeness (QED) is 0.467. The van der Waals surface area contributed by atoms with E-state index in [1.54, 1.807) is 0 Å². The Morgan fingerprint density at radius 2 is 0.889 bits per heavy atom. The first kappa shape index (κ1) is 13.3. The molecular weight excluding hydrogens is 299 g/mol. The summed E-state index contributed by atoms with van der Waals surface area (Å²) in [5, 5.41) is 0. The van der Waals surface area contributed by atoms with E-state index < -0.39 is 14.6 Å². The molecule has 0 heterocycles. The van der Waals surface area contributed by atoms with Gasteiger partial charge in [-0.2, -0.15) is 0 Å². The number of hydrogen-bond donors (Lipinski definition) is 0. The minimum absolute atomic E-state index is 0. The van der Waals surface area contributed by atoms with Crippen LogP contribution < -0.4 is 19.6 Å². The van der Waals surface area contributed by atoms with Crippen molar-refractivity contribution >= 4 is 14.6 Å². The van der Waals surface area contributed by atoms with Gasteiger partial charge in [-0.25, -0.2) is 0 Å². The van der Waals surface area contributed by atoms with Crippen molar-refractivity contribution in [2.45, 2.75) is 0 Å². The van der Waals surface area contributed by atoms with E-state index in [2.05, 4.69) is 0 Å². The normalized spacial score (nSPS) is 12.4. The first-order valence-corrected chi connectivity index (χ1v) is 5.09. The molecule has 0 aromatic rings. The summed E-state index contributed by atoms with van der Waals surface area (Å²) in [5.74, 6) is 0.